The van der Waals surface area contributed by atoms with Gasteiger partial charge in [0.2, 0.25) is 0 Å². The van der Waals surface area contributed by atoms with Gasteiger partial charge in [-0.1, -0.05) is 17.7 Å². The van der Waals surface area contributed by atoms with E-state index in [2.05, 4.69) is 21.2 Å². The van der Waals surface area contributed by atoms with Gasteiger partial charge in [0, 0.05) is 0 Å². The molecule has 0 saturated carbocycles. The van der Waals surface area contributed by atoms with E-state index in [1.54, 1.807) is 12.1 Å². The van der Waals surface area contributed by atoms with Gasteiger partial charge in [-0.05, 0) is 52.7 Å². The molecule has 5 heteroatoms. The van der Waals surface area contributed by atoms with Gasteiger partial charge < -0.3 is 5.32 Å². The Hall–Kier alpha value is -0.840. The van der Waals surface area contributed by atoms with Crippen LogP contribution in [0.25, 0.3) is 0 Å². The van der Waals surface area contributed by atoms with Gasteiger partial charge in [0.15, 0.2) is 0 Å². The molecule has 1 aromatic carbocycles. The summed E-state index contributed by atoms with van der Waals surface area (Å²) in [4.78, 5) is 12.5. The summed E-state index contributed by atoms with van der Waals surface area (Å²) in [7, 11) is 0. The molecule has 1 N–H and O–H groups in total. The summed E-state index contributed by atoms with van der Waals surface area (Å²) in [5.41, 5.74) is 1.69. The molecule has 1 amide bonds. The molecule has 2 rings (SSSR count). The molecule has 1 heterocycles. The number of carbonyl (C=O) groups excluding carboxylic acids is 1. The van der Waals surface area contributed by atoms with Crippen LogP contribution in [0.4, 0.5) is 5.69 Å². The summed E-state index contributed by atoms with van der Waals surface area (Å²) in [6, 6.07) is 9.15. The summed E-state index contributed by atoms with van der Waals surface area (Å²) in [6.07, 6.45) is 0. The fourth-order valence-electron chi connectivity index (χ4n) is 1.34. The highest BCUT2D eigenvalue weighted by Crippen LogP contribution is 2.26. The molecule has 0 radical (unpaired) electrons. The van der Waals surface area contributed by atoms with Crippen LogP contribution >= 0.6 is 38.9 Å². The van der Waals surface area contributed by atoms with E-state index < -0.39 is 0 Å². The summed E-state index contributed by atoms with van der Waals surface area (Å²) >= 11 is 10.8. The van der Waals surface area contributed by atoms with E-state index in [-0.39, 0.29) is 5.91 Å². The third kappa shape index (κ3) is 3.09. The van der Waals surface area contributed by atoms with E-state index >= 15 is 0 Å². The highest BCUT2D eigenvalue weighted by atomic mass is 79.9. The molecule has 88 valence electrons. The summed E-state index contributed by atoms with van der Waals surface area (Å²) < 4.78 is 0.928. The predicted molar refractivity (Wildman–Crippen MR) is 76.2 cm³/mol. The minimum Gasteiger partial charge on any atom is -0.320 e. The number of carbonyl (C=O) groups is 1. The number of aryl methyl sites for hydroxylation is 1. The van der Waals surface area contributed by atoms with Gasteiger partial charge in [0.25, 0.3) is 5.91 Å². The standard InChI is InChI=1S/C12H9BrClNOS/c1-7-2-3-9(8(14)6-7)15-12(16)10-4-5-11(13)17-10/h2-6H,1H3,(H,15,16). The van der Waals surface area contributed by atoms with Crippen LogP contribution < -0.4 is 5.32 Å². The zero-order valence-corrected chi connectivity index (χ0v) is 12.1. The van der Waals surface area contributed by atoms with E-state index in [1.165, 1.54) is 11.3 Å². The fourth-order valence-corrected chi connectivity index (χ4v) is 2.91. The summed E-state index contributed by atoms with van der Waals surface area (Å²) in [6.45, 7) is 1.95. The number of anilines is 1. The van der Waals surface area contributed by atoms with Gasteiger partial charge in [-0.3, -0.25) is 4.79 Å². The molecule has 0 fully saturated rings. The van der Waals surface area contributed by atoms with E-state index in [0.717, 1.165) is 9.35 Å². The van der Waals surface area contributed by atoms with Crippen molar-refractivity contribution in [2.75, 3.05) is 5.32 Å². The van der Waals surface area contributed by atoms with Crippen LogP contribution in [0.5, 0.6) is 0 Å². The maximum absolute atomic E-state index is 11.9. The van der Waals surface area contributed by atoms with Crippen molar-refractivity contribution in [1.29, 1.82) is 0 Å². The quantitative estimate of drug-likeness (QED) is 0.847. The van der Waals surface area contributed by atoms with E-state index in [9.17, 15) is 4.79 Å². The topological polar surface area (TPSA) is 29.1 Å². The zero-order chi connectivity index (χ0) is 12.4. The highest BCUT2D eigenvalue weighted by molar-refractivity contribution is 9.11. The monoisotopic (exact) mass is 329 g/mol. The molecule has 0 aliphatic rings. The Kier molecular flexibility index (Phi) is 3.86. The van der Waals surface area contributed by atoms with Crippen molar-refractivity contribution < 1.29 is 4.79 Å². The molecule has 0 saturated heterocycles. The number of hydrogen-bond donors (Lipinski definition) is 1. The first-order valence-corrected chi connectivity index (χ1v) is 6.88. The number of rotatable bonds is 2. The summed E-state index contributed by atoms with van der Waals surface area (Å²) in [5.74, 6) is -0.147. The first-order chi connectivity index (χ1) is 8.06. The molecule has 0 aliphatic carbocycles. The molecule has 2 aromatic rings. The molecule has 1 aromatic heterocycles. The van der Waals surface area contributed by atoms with Crippen LogP contribution in [-0.2, 0) is 0 Å². The predicted octanol–water partition coefficient (Wildman–Crippen LogP) is 4.72. The maximum atomic E-state index is 11.9. The average molecular weight is 331 g/mol. The molecular formula is C12H9BrClNOS. The Morgan fingerprint density at radius 2 is 2.12 bits per heavy atom. The van der Waals surface area contributed by atoms with E-state index in [4.69, 9.17) is 11.6 Å². The number of amides is 1. The van der Waals surface area contributed by atoms with Crippen LogP contribution in [0.3, 0.4) is 0 Å². The second-order valence-corrected chi connectivity index (χ2v) is 6.41. The van der Waals surface area contributed by atoms with E-state index in [0.29, 0.717) is 15.6 Å². The van der Waals surface area contributed by atoms with Crippen molar-refractivity contribution in [3.8, 4) is 0 Å². The summed E-state index contributed by atoms with van der Waals surface area (Å²) in [5, 5.41) is 3.34. The number of halogens is 2. The first kappa shape index (κ1) is 12.6. The Labute approximate surface area is 117 Å². The molecule has 2 nitrogen and oxygen atoms in total. The minimum atomic E-state index is -0.147. The van der Waals surface area contributed by atoms with Crippen molar-refractivity contribution in [3.63, 3.8) is 0 Å². The van der Waals surface area contributed by atoms with Crippen molar-refractivity contribution in [1.82, 2.24) is 0 Å². The largest absolute Gasteiger partial charge is 0.320 e. The normalized spacial score (nSPS) is 10.3. The number of hydrogen-bond acceptors (Lipinski definition) is 2. The maximum Gasteiger partial charge on any atom is 0.265 e. The van der Waals surface area contributed by atoms with Crippen molar-refractivity contribution >= 4 is 50.5 Å². The molecule has 0 aliphatic heterocycles. The van der Waals surface area contributed by atoms with Gasteiger partial charge >= 0.3 is 0 Å². The first-order valence-electron chi connectivity index (χ1n) is 4.89. The van der Waals surface area contributed by atoms with Crippen LogP contribution in [0, 0.1) is 6.92 Å². The van der Waals surface area contributed by atoms with Crippen molar-refractivity contribution in [2.45, 2.75) is 6.92 Å². The highest BCUT2D eigenvalue weighted by Gasteiger charge is 2.10. The lowest BCUT2D eigenvalue weighted by atomic mass is 10.2. The lowest BCUT2D eigenvalue weighted by molar-refractivity contribution is 0.103. The Morgan fingerprint density at radius 1 is 1.35 bits per heavy atom. The Morgan fingerprint density at radius 3 is 2.71 bits per heavy atom. The molecule has 17 heavy (non-hydrogen) atoms. The molecule has 0 atom stereocenters. The molecule has 0 unspecified atom stereocenters. The van der Waals surface area contributed by atoms with Gasteiger partial charge in [-0.2, -0.15) is 0 Å². The lowest BCUT2D eigenvalue weighted by Crippen LogP contribution is -2.10. The third-order valence-corrected chi connectivity index (χ3v) is 4.10. The van der Waals surface area contributed by atoms with Gasteiger partial charge in [-0.15, -0.1) is 11.3 Å². The van der Waals surface area contributed by atoms with Gasteiger partial charge in [0.05, 0.1) is 19.4 Å². The Balaban J connectivity index is 2.18. The smallest absolute Gasteiger partial charge is 0.265 e. The zero-order valence-electron chi connectivity index (χ0n) is 8.96. The van der Waals surface area contributed by atoms with Crippen LogP contribution in [-0.4, -0.2) is 5.91 Å². The minimum absolute atomic E-state index is 0.147. The van der Waals surface area contributed by atoms with Crippen molar-refractivity contribution in [2.24, 2.45) is 0 Å². The molecule has 0 bridgehead atoms. The van der Waals surface area contributed by atoms with Gasteiger partial charge in [-0.25, -0.2) is 0 Å². The van der Waals surface area contributed by atoms with Crippen molar-refractivity contribution in [3.05, 3.63) is 49.6 Å². The van der Waals surface area contributed by atoms with Crippen LogP contribution in [0.1, 0.15) is 15.2 Å². The Bertz CT molecular complexity index is 567. The SMILES string of the molecule is Cc1ccc(NC(=O)c2ccc(Br)s2)c(Cl)c1. The second-order valence-electron chi connectivity index (χ2n) is 3.54. The average Bonchev–Trinajstić information content (AvgIpc) is 2.69. The van der Waals surface area contributed by atoms with Crippen LogP contribution in [0.15, 0.2) is 34.1 Å². The molecule has 0 spiro atoms. The van der Waals surface area contributed by atoms with Crippen LogP contribution in [0.2, 0.25) is 5.02 Å². The second kappa shape index (κ2) is 5.21. The number of nitrogens with one attached hydrogen (secondary N) is 1. The molecular weight excluding hydrogens is 322 g/mol. The van der Waals surface area contributed by atoms with E-state index in [1.807, 2.05) is 25.1 Å². The third-order valence-electron chi connectivity index (χ3n) is 2.17. The number of benzene rings is 1. The van der Waals surface area contributed by atoms with Gasteiger partial charge in [0.1, 0.15) is 0 Å². The lowest BCUT2D eigenvalue weighted by Gasteiger charge is -2.06. The number of thiophene rings is 1. The fraction of sp³-hybridized carbons (Fsp3) is 0.0833.